The maximum absolute atomic E-state index is 11.9. The number of carboxylic acid groups (broad SMARTS) is 2. The summed E-state index contributed by atoms with van der Waals surface area (Å²) in [6, 6.07) is 5.59. The number of methoxy groups -OCH3 is 1. The summed E-state index contributed by atoms with van der Waals surface area (Å²) in [5.41, 5.74) is 5.98. The van der Waals surface area contributed by atoms with E-state index in [4.69, 9.17) is 9.84 Å². The third-order valence-corrected chi connectivity index (χ3v) is 6.74. The molecule has 0 spiro atoms. The van der Waals surface area contributed by atoms with Crippen molar-refractivity contribution in [1.82, 2.24) is 29.9 Å². The van der Waals surface area contributed by atoms with Gasteiger partial charge in [0.15, 0.2) is 5.84 Å². The van der Waals surface area contributed by atoms with Gasteiger partial charge in [0.2, 0.25) is 0 Å². The van der Waals surface area contributed by atoms with Crippen LogP contribution in [0.25, 0.3) is 22.4 Å². The van der Waals surface area contributed by atoms with E-state index in [1.54, 1.807) is 25.7 Å². The quantitative estimate of drug-likeness (QED) is 0.377. The molecule has 1 aliphatic carbocycles. The molecule has 4 heterocycles. The number of hydrogen-bond acceptors (Lipinski definition) is 9. The maximum Gasteiger partial charge on any atom is 0.422 e. The summed E-state index contributed by atoms with van der Waals surface area (Å²) in [5.74, 6) is 0.751. The van der Waals surface area contributed by atoms with Crippen LogP contribution in [0.2, 0.25) is 0 Å². The predicted octanol–water partition coefficient (Wildman–Crippen LogP) is 4.08. The van der Waals surface area contributed by atoms with Crippen molar-refractivity contribution >= 4 is 30.0 Å². The molecule has 2 aromatic rings. The molecule has 0 aromatic carbocycles. The molecule has 0 saturated heterocycles. The van der Waals surface area contributed by atoms with Crippen molar-refractivity contribution in [3.8, 4) is 28.1 Å². The van der Waals surface area contributed by atoms with Crippen molar-refractivity contribution in [2.45, 2.75) is 26.1 Å². The van der Waals surface area contributed by atoms with Gasteiger partial charge in [-0.25, -0.2) is 9.59 Å². The molecule has 0 fully saturated rings. The van der Waals surface area contributed by atoms with E-state index in [1.165, 1.54) is 4.80 Å². The highest BCUT2D eigenvalue weighted by molar-refractivity contribution is 7.97. The van der Waals surface area contributed by atoms with Crippen LogP contribution in [0.15, 0.2) is 41.2 Å². The molecule has 188 valence electrons. The largest absolute Gasteiger partial charge is 0.496 e. The monoisotopic (exact) mass is 519 g/mol. The van der Waals surface area contributed by atoms with E-state index in [2.05, 4.69) is 19.5 Å². The normalized spacial score (nSPS) is 12.7. The molecule has 2 N–H and O–H groups in total. The molecule has 0 atom stereocenters. The summed E-state index contributed by atoms with van der Waals surface area (Å²) < 4.78 is 9.77. The van der Waals surface area contributed by atoms with E-state index < -0.39 is 12.2 Å². The Morgan fingerprint density at radius 3 is 2.65 bits per heavy atom. The second-order valence-corrected chi connectivity index (χ2v) is 8.98. The number of hydrogen-bond donors (Lipinski definition) is 2. The van der Waals surface area contributed by atoms with Crippen molar-refractivity contribution in [2.75, 3.05) is 7.11 Å². The number of nitrogens with zero attached hydrogens (tertiary/aromatic N) is 7. The first-order valence-electron chi connectivity index (χ1n) is 11.1. The zero-order valence-electron chi connectivity index (χ0n) is 20.0. The number of imide groups is 1. The Hall–Kier alpha value is -4.52. The van der Waals surface area contributed by atoms with Gasteiger partial charge in [0.05, 0.1) is 18.5 Å². The van der Waals surface area contributed by atoms with Crippen LogP contribution in [0, 0.1) is 13.8 Å². The minimum Gasteiger partial charge on any atom is -0.496 e. The fourth-order valence-electron chi connectivity index (χ4n) is 4.37. The third kappa shape index (κ3) is 4.22. The summed E-state index contributed by atoms with van der Waals surface area (Å²) in [5, 5.41) is 28.6. The lowest BCUT2D eigenvalue weighted by atomic mass is 10.0. The summed E-state index contributed by atoms with van der Waals surface area (Å²) in [7, 11) is 1.58. The Bertz CT molecular complexity index is 1520. The number of aryl methyl sites for hydroxylation is 1. The Morgan fingerprint density at radius 1 is 1.19 bits per heavy atom. The number of amidine groups is 1. The van der Waals surface area contributed by atoms with E-state index in [0.29, 0.717) is 28.5 Å². The first kappa shape index (κ1) is 24.2. The highest BCUT2D eigenvalue weighted by Crippen LogP contribution is 2.42. The molecule has 2 aliphatic heterocycles. The van der Waals surface area contributed by atoms with Gasteiger partial charge in [-0.15, -0.1) is 0 Å². The molecular formula is C24H21N7O5S. The zero-order chi connectivity index (χ0) is 26.3. The minimum absolute atomic E-state index is 0.0988. The van der Waals surface area contributed by atoms with Crippen molar-refractivity contribution in [3.05, 3.63) is 64.9 Å². The fourth-order valence-corrected chi connectivity index (χ4v) is 5.16. The highest BCUT2D eigenvalue weighted by Gasteiger charge is 2.36. The second kappa shape index (κ2) is 9.50. The van der Waals surface area contributed by atoms with Crippen LogP contribution in [0.3, 0.4) is 0 Å². The lowest BCUT2D eigenvalue weighted by molar-refractivity contribution is 0.145. The van der Waals surface area contributed by atoms with Crippen LogP contribution >= 0.6 is 11.9 Å². The number of rotatable bonds is 4. The van der Waals surface area contributed by atoms with Crippen LogP contribution in [-0.4, -0.2) is 65.2 Å². The van der Waals surface area contributed by atoms with Gasteiger partial charge in [-0.05, 0) is 49.1 Å². The zero-order valence-corrected chi connectivity index (χ0v) is 20.9. The topological polar surface area (TPSA) is 156 Å². The number of carbonyl (C=O) groups is 2. The van der Waals surface area contributed by atoms with Crippen molar-refractivity contribution < 1.29 is 24.5 Å². The van der Waals surface area contributed by atoms with Gasteiger partial charge < -0.3 is 14.9 Å². The number of ether oxygens (including phenoxy) is 1. The molecule has 0 radical (unpaired) electrons. The van der Waals surface area contributed by atoms with Gasteiger partial charge >= 0.3 is 12.2 Å². The predicted molar refractivity (Wildman–Crippen MR) is 135 cm³/mol. The van der Waals surface area contributed by atoms with E-state index >= 15 is 0 Å². The fraction of sp³-hybridized carbons (Fsp3) is 0.208. The van der Waals surface area contributed by atoms with Crippen LogP contribution < -0.4 is 4.74 Å². The summed E-state index contributed by atoms with van der Waals surface area (Å²) in [4.78, 5) is 34.1. The maximum atomic E-state index is 11.9. The summed E-state index contributed by atoms with van der Waals surface area (Å²) in [6.07, 6.45) is 1.70. The van der Waals surface area contributed by atoms with Crippen LogP contribution in [-0.2, 0) is 12.3 Å². The van der Waals surface area contributed by atoms with Gasteiger partial charge in [-0.2, -0.15) is 24.3 Å². The molecule has 12 nitrogen and oxygen atoms in total. The van der Waals surface area contributed by atoms with Gasteiger partial charge in [0, 0.05) is 46.6 Å². The smallest absolute Gasteiger partial charge is 0.422 e. The van der Waals surface area contributed by atoms with E-state index in [0.717, 1.165) is 39.8 Å². The Labute approximate surface area is 215 Å². The first-order chi connectivity index (χ1) is 17.8. The number of amides is 2. The van der Waals surface area contributed by atoms with Gasteiger partial charge in [-0.1, -0.05) is 6.07 Å². The van der Waals surface area contributed by atoms with Gasteiger partial charge in [-0.3, -0.25) is 9.97 Å². The van der Waals surface area contributed by atoms with Crippen molar-refractivity contribution in [3.63, 3.8) is 0 Å². The van der Waals surface area contributed by atoms with Gasteiger partial charge in [0.25, 0.3) is 0 Å². The molecule has 0 unspecified atom stereocenters. The molecule has 5 rings (SSSR count). The molecule has 2 amide bonds. The highest BCUT2D eigenvalue weighted by atomic mass is 32.2. The molecule has 0 bridgehead atoms. The third-order valence-electron chi connectivity index (χ3n) is 6.02. The van der Waals surface area contributed by atoms with E-state index in [-0.39, 0.29) is 23.0 Å². The second-order valence-electron chi connectivity index (χ2n) is 8.25. The molecule has 13 heteroatoms. The van der Waals surface area contributed by atoms with Crippen molar-refractivity contribution in [2.24, 2.45) is 4.40 Å². The lowest BCUT2D eigenvalue weighted by Gasteiger charge is -2.18. The molecule has 37 heavy (non-hydrogen) atoms. The lowest BCUT2D eigenvalue weighted by Crippen LogP contribution is -2.41. The Morgan fingerprint density at radius 2 is 1.97 bits per heavy atom. The average Bonchev–Trinajstić information content (AvgIpc) is 3.13. The standard InChI is InChI=1S/C24H21N7O5S/c1-12-8-26-18(13(2)21(12)36-3)10-30-27-17-7-15(14-5-4-6-25-9-14)16-11-37-29-22(20(28-30)19(16)17)31(23(32)33)24(34)35/h4-9H,10-11H2,1-3H3,(H,32,33)(H,34,35). The first-order valence-corrected chi connectivity index (χ1v) is 12.0. The molecular weight excluding hydrogens is 498 g/mol. The Balaban J connectivity index is 1.74. The van der Waals surface area contributed by atoms with Crippen molar-refractivity contribution in [1.29, 1.82) is 0 Å². The molecule has 2 aromatic heterocycles. The number of aromatic nitrogens is 5. The minimum atomic E-state index is -1.69. The van der Waals surface area contributed by atoms with Gasteiger partial charge in [0.1, 0.15) is 18.0 Å². The van der Waals surface area contributed by atoms with E-state index in [9.17, 15) is 19.8 Å². The molecule has 3 aliphatic rings. The van der Waals surface area contributed by atoms with Crippen LogP contribution in [0.4, 0.5) is 9.59 Å². The SMILES string of the molecule is COc1c(C)cnc(Cn2nc3cc(-c4cccnc4)c4c-3c(n2)C(N(C(=O)O)C(=O)O)=NSC4)c1C. The average molecular weight is 520 g/mol. The van der Waals surface area contributed by atoms with Crippen LogP contribution in [0.1, 0.15) is 28.1 Å². The summed E-state index contributed by atoms with van der Waals surface area (Å²) in [6.45, 7) is 3.91. The van der Waals surface area contributed by atoms with Crippen LogP contribution in [0.5, 0.6) is 5.75 Å². The molecule has 0 saturated carbocycles. The summed E-state index contributed by atoms with van der Waals surface area (Å²) >= 11 is 1.04. The Kier molecular flexibility index (Phi) is 6.21. The number of pyridine rings is 2. The van der Waals surface area contributed by atoms with E-state index in [1.807, 2.05) is 32.0 Å².